The van der Waals surface area contributed by atoms with E-state index in [9.17, 15) is 30.7 Å². The Kier molecular flexibility index (Phi) is 13.0. The van der Waals surface area contributed by atoms with Gasteiger partial charge in [0.05, 0.1) is 0 Å². The second kappa shape index (κ2) is 16.7. The molecule has 2 saturated carbocycles. The summed E-state index contributed by atoms with van der Waals surface area (Å²) < 4.78 is 101. The van der Waals surface area contributed by atoms with Crippen molar-refractivity contribution in [2.75, 3.05) is 0 Å². The zero-order valence-corrected chi connectivity index (χ0v) is 27.3. The molecule has 0 heterocycles. The molecule has 5 rings (SSSR count). The first kappa shape index (κ1) is 36.5. The van der Waals surface area contributed by atoms with Crippen molar-refractivity contribution < 1.29 is 35.5 Å². The average Bonchev–Trinajstić information content (AvgIpc) is 3.06. The van der Waals surface area contributed by atoms with E-state index in [0.29, 0.717) is 17.7 Å². The average molecular weight is 663 g/mol. The molecule has 0 amide bonds. The van der Waals surface area contributed by atoms with Crippen LogP contribution in [0.5, 0.6) is 5.75 Å². The molecule has 0 bridgehead atoms. The van der Waals surface area contributed by atoms with Crippen molar-refractivity contribution in [3.05, 3.63) is 101 Å². The van der Waals surface area contributed by atoms with Gasteiger partial charge in [0.25, 0.3) is 0 Å². The lowest BCUT2D eigenvalue weighted by atomic mass is 9.69. The van der Waals surface area contributed by atoms with Crippen molar-refractivity contribution in [3.8, 4) is 16.9 Å². The highest BCUT2D eigenvalue weighted by atomic mass is 19.3. The van der Waals surface area contributed by atoms with Crippen molar-refractivity contribution in [2.24, 2.45) is 23.7 Å². The highest BCUT2D eigenvalue weighted by molar-refractivity contribution is 5.64. The predicted molar refractivity (Wildman–Crippen MR) is 173 cm³/mol. The fourth-order valence-corrected chi connectivity index (χ4v) is 7.03. The number of aryl methyl sites for hydroxylation is 1. The molecule has 0 aliphatic heterocycles. The number of ether oxygens (including phenoxy) is 1. The Hall–Kier alpha value is -3.29. The number of benzene rings is 3. The molecule has 0 N–H and O–H groups in total. The molecular formula is C39H45F7O. The molecule has 0 atom stereocenters. The van der Waals surface area contributed by atoms with E-state index in [1.165, 1.54) is 70.6 Å². The summed E-state index contributed by atoms with van der Waals surface area (Å²) in [5, 5.41) is 0. The van der Waals surface area contributed by atoms with E-state index >= 15 is 0 Å². The van der Waals surface area contributed by atoms with Gasteiger partial charge in [0.15, 0.2) is 17.5 Å². The predicted octanol–water partition coefficient (Wildman–Crippen LogP) is 12.7. The standard InChI is InChI=1S/C21H13F7O.C18H32/c1-2-11-3-5-12(6-4-11)13-7-15(22)19(16(23)8-13)21(27,28)29-14-9-17(24)20(26)18(25)10-14;1-3-5-6-16-9-13-18(14-10-16)17-11-7-15(4-2)8-12-17/h3-10H,2H2,1H3;4,15-18H,2-3,5-14H2,1H3. The molecule has 0 aromatic heterocycles. The minimum Gasteiger partial charge on any atom is -0.429 e. The van der Waals surface area contributed by atoms with Crippen LogP contribution in [-0.2, 0) is 12.5 Å². The summed E-state index contributed by atoms with van der Waals surface area (Å²) in [5.74, 6) is -5.79. The van der Waals surface area contributed by atoms with Gasteiger partial charge in [-0.25, -0.2) is 22.0 Å². The van der Waals surface area contributed by atoms with E-state index in [2.05, 4.69) is 24.3 Å². The highest BCUT2D eigenvalue weighted by Crippen LogP contribution is 2.42. The number of hydrogen-bond donors (Lipinski definition) is 0. The van der Waals surface area contributed by atoms with Crippen molar-refractivity contribution in [1.82, 2.24) is 0 Å². The van der Waals surface area contributed by atoms with Crippen molar-refractivity contribution in [3.63, 3.8) is 0 Å². The molecule has 8 heteroatoms. The van der Waals surface area contributed by atoms with Gasteiger partial charge in [0, 0.05) is 12.1 Å². The van der Waals surface area contributed by atoms with Crippen LogP contribution in [0.15, 0.2) is 61.2 Å². The first-order chi connectivity index (χ1) is 22.4. The molecule has 0 unspecified atom stereocenters. The van der Waals surface area contributed by atoms with Crippen LogP contribution >= 0.6 is 0 Å². The van der Waals surface area contributed by atoms with E-state index in [1.54, 1.807) is 24.3 Å². The molecule has 0 spiro atoms. The second-order valence-corrected chi connectivity index (χ2v) is 13.0. The van der Waals surface area contributed by atoms with Crippen molar-refractivity contribution in [2.45, 2.75) is 97.0 Å². The van der Waals surface area contributed by atoms with E-state index in [0.717, 1.165) is 35.7 Å². The molecule has 2 fully saturated rings. The zero-order valence-electron chi connectivity index (χ0n) is 27.3. The molecule has 47 heavy (non-hydrogen) atoms. The molecule has 3 aromatic rings. The number of halogens is 7. The lowest BCUT2D eigenvalue weighted by Gasteiger charge is -2.37. The van der Waals surface area contributed by atoms with Crippen LogP contribution in [0.1, 0.15) is 95.6 Å². The first-order valence-corrected chi connectivity index (χ1v) is 16.9. The Balaban J connectivity index is 0.000000238. The Bertz CT molecular complexity index is 1410. The molecular weight excluding hydrogens is 617 g/mol. The monoisotopic (exact) mass is 662 g/mol. The molecule has 2 aliphatic carbocycles. The van der Waals surface area contributed by atoms with E-state index in [-0.39, 0.29) is 17.7 Å². The first-order valence-electron chi connectivity index (χ1n) is 16.9. The van der Waals surface area contributed by atoms with Crippen LogP contribution in [0, 0.1) is 52.8 Å². The minimum absolute atomic E-state index is 0.0149. The third-order valence-electron chi connectivity index (χ3n) is 9.91. The molecule has 0 saturated heterocycles. The maximum absolute atomic E-state index is 14.4. The quantitative estimate of drug-likeness (QED) is 0.119. The smallest absolute Gasteiger partial charge is 0.429 e. The van der Waals surface area contributed by atoms with E-state index in [4.69, 9.17) is 0 Å². The van der Waals surface area contributed by atoms with Crippen LogP contribution in [0.4, 0.5) is 30.7 Å². The van der Waals surface area contributed by atoms with Gasteiger partial charge < -0.3 is 4.74 Å². The lowest BCUT2D eigenvalue weighted by Crippen LogP contribution is -2.25. The number of unbranched alkanes of at least 4 members (excludes halogenated alkanes) is 1. The fourth-order valence-electron chi connectivity index (χ4n) is 7.03. The van der Waals surface area contributed by atoms with Crippen LogP contribution in [0.3, 0.4) is 0 Å². The van der Waals surface area contributed by atoms with Gasteiger partial charge in [0.2, 0.25) is 0 Å². The van der Waals surface area contributed by atoms with Crippen LogP contribution in [0.25, 0.3) is 11.1 Å². The summed E-state index contributed by atoms with van der Waals surface area (Å²) in [6.45, 7) is 8.20. The van der Waals surface area contributed by atoms with Gasteiger partial charge >= 0.3 is 6.11 Å². The topological polar surface area (TPSA) is 9.23 Å². The second-order valence-electron chi connectivity index (χ2n) is 13.0. The summed E-state index contributed by atoms with van der Waals surface area (Å²) in [6.07, 6.45) is 14.6. The van der Waals surface area contributed by atoms with Gasteiger partial charge in [-0.1, -0.05) is 76.3 Å². The van der Waals surface area contributed by atoms with Crippen LogP contribution in [0.2, 0.25) is 0 Å². The molecule has 0 radical (unpaired) electrons. The van der Waals surface area contributed by atoms with Gasteiger partial charge in [0.1, 0.15) is 22.9 Å². The molecule has 256 valence electrons. The normalized spacial score (nSPS) is 21.5. The summed E-state index contributed by atoms with van der Waals surface area (Å²) in [4.78, 5) is 0. The third kappa shape index (κ3) is 9.64. The molecule has 2 aliphatic rings. The number of allylic oxidation sites excluding steroid dienone is 1. The highest BCUT2D eigenvalue weighted by Gasteiger charge is 2.41. The summed E-state index contributed by atoms with van der Waals surface area (Å²) in [6, 6.07) is 8.32. The number of hydrogen-bond acceptors (Lipinski definition) is 1. The minimum atomic E-state index is -4.62. The van der Waals surface area contributed by atoms with Gasteiger partial charge in [-0.2, -0.15) is 8.78 Å². The Morgan fingerprint density at radius 3 is 1.74 bits per heavy atom. The van der Waals surface area contributed by atoms with E-state index < -0.39 is 46.5 Å². The third-order valence-corrected chi connectivity index (χ3v) is 9.91. The van der Waals surface area contributed by atoms with Crippen LogP contribution in [-0.4, -0.2) is 0 Å². The number of rotatable bonds is 10. The Morgan fingerprint density at radius 1 is 0.723 bits per heavy atom. The fraction of sp³-hybridized carbons (Fsp3) is 0.487. The van der Waals surface area contributed by atoms with Crippen LogP contribution < -0.4 is 4.74 Å². The van der Waals surface area contributed by atoms with E-state index in [1.807, 2.05) is 6.92 Å². The number of alkyl halides is 2. The summed E-state index contributed by atoms with van der Waals surface area (Å²) >= 11 is 0. The zero-order chi connectivity index (χ0) is 34.1. The van der Waals surface area contributed by atoms with Gasteiger partial charge in [-0.05, 0) is 97.4 Å². The van der Waals surface area contributed by atoms with Gasteiger partial charge in [-0.15, -0.1) is 6.58 Å². The Morgan fingerprint density at radius 2 is 1.26 bits per heavy atom. The summed E-state index contributed by atoms with van der Waals surface area (Å²) in [7, 11) is 0. The SMILES string of the molecule is C=CC1CCC(C2CCC(CCCC)CC2)CC1.CCc1ccc(-c2cc(F)c(C(F)(F)Oc3cc(F)c(F)c(F)c3)c(F)c2)cc1. The Labute approximate surface area is 274 Å². The van der Waals surface area contributed by atoms with Crippen molar-refractivity contribution >= 4 is 0 Å². The maximum atomic E-state index is 14.4. The molecule has 3 aromatic carbocycles. The maximum Gasteiger partial charge on any atom is 0.432 e. The van der Waals surface area contributed by atoms with Gasteiger partial charge in [-0.3, -0.25) is 0 Å². The largest absolute Gasteiger partial charge is 0.432 e. The molecule has 1 nitrogen and oxygen atoms in total. The van der Waals surface area contributed by atoms with Crippen molar-refractivity contribution in [1.29, 1.82) is 0 Å². The summed E-state index contributed by atoms with van der Waals surface area (Å²) in [5.41, 5.74) is -0.346. The lowest BCUT2D eigenvalue weighted by molar-refractivity contribution is -0.189.